The molecule has 0 aliphatic carbocycles. The van der Waals surface area contributed by atoms with Crippen LogP contribution in [0.4, 0.5) is 0 Å². The molecular weight excluding hydrogens is 254 g/mol. The molecule has 0 radical (unpaired) electrons. The van der Waals surface area contributed by atoms with Crippen molar-refractivity contribution in [2.45, 2.75) is 40.5 Å². The Morgan fingerprint density at radius 3 is 2.15 bits per heavy atom. The lowest BCUT2D eigenvalue weighted by Crippen LogP contribution is -2.36. The maximum atomic E-state index is 12.0. The van der Waals surface area contributed by atoms with Gasteiger partial charge in [-0.15, -0.1) is 0 Å². The molecule has 0 bridgehead atoms. The molecule has 2 atom stereocenters. The zero-order valence-electron chi connectivity index (χ0n) is 13.0. The van der Waals surface area contributed by atoms with Crippen LogP contribution in [0.3, 0.4) is 0 Å². The van der Waals surface area contributed by atoms with Gasteiger partial charge >= 0.3 is 5.97 Å². The molecule has 1 heterocycles. The summed E-state index contributed by atoms with van der Waals surface area (Å²) in [6.45, 7) is 8.82. The fraction of sp³-hybridized carbons (Fsp3) is 0.750. The number of carbonyl (C=O) groups is 2. The first-order valence-corrected chi connectivity index (χ1v) is 7.52. The second kappa shape index (κ2) is 8.08. The average molecular weight is 281 g/mol. The zero-order valence-corrected chi connectivity index (χ0v) is 13.0. The monoisotopic (exact) mass is 281 g/mol. The van der Waals surface area contributed by atoms with Gasteiger partial charge in [0.05, 0.1) is 12.5 Å². The summed E-state index contributed by atoms with van der Waals surface area (Å²) < 4.78 is 5.25. The van der Waals surface area contributed by atoms with Crippen LogP contribution in [0.5, 0.6) is 0 Å². The van der Waals surface area contributed by atoms with E-state index < -0.39 is 0 Å². The number of cyclic esters (lactones) is 1. The van der Waals surface area contributed by atoms with Crippen molar-refractivity contribution in [2.75, 3.05) is 13.2 Å². The Balaban J connectivity index is 2.77. The van der Waals surface area contributed by atoms with E-state index in [0.717, 1.165) is 6.42 Å². The molecule has 0 fully saturated rings. The Kier molecular flexibility index (Phi) is 6.76. The fourth-order valence-corrected chi connectivity index (χ4v) is 2.37. The van der Waals surface area contributed by atoms with Crippen molar-refractivity contribution in [3.05, 3.63) is 12.2 Å². The number of esters is 1. The van der Waals surface area contributed by atoms with Crippen LogP contribution in [0, 0.1) is 23.7 Å². The van der Waals surface area contributed by atoms with Gasteiger partial charge in [-0.2, -0.15) is 0 Å². The summed E-state index contributed by atoms with van der Waals surface area (Å²) in [6.07, 6.45) is 5.44. The molecule has 0 aromatic carbocycles. The molecule has 0 saturated heterocycles. The highest BCUT2D eigenvalue weighted by atomic mass is 16.5. The van der Waals surface area contributed by atoms with E-state index in [-0.39, 0.29) is 36.2 Å². The molecule has 0 spiro atoms. The highest BCUT2D eigenvalue weighted by Crippen LogP contribution is 2.20. The summed E-state index contributed by atoms with van der Waals surface area (Å²) in [4.78, 5) is 24.0. The molecule has 1 N–H and O–H groups in total. The van der Waals surface area contributed by atoms with Crippen molar-refractivity contribution in [3.8, 4) is 0 Å². The normalized spacial score (nSPS) is 27.5. The van der Waals surface area contributed by atoms with Crippen LogP contribution in [0.1, 0.15) is 40.5 Å². The number of ether oxygens (including phenoxy) is 1. The van der Waals surface area contributed by atoms with E-state index in [4.69, 9.17) is 4.74 Å². The minimum absolute atomic E-state index is 0.0149. The minimum Gasteiger partial charge on any atom is -0.464 e. The lowest BCUT2D eigenvalue weighted by molar-refractivity contribution is -0.150. The number of carbonyl (C=O) groups excluding carboxylic acids is 2. The molecule has 4 nitrogen and oxygen atoms in total. The first-order chi connectivity index (χ1) is 9.43. The zero-order chi connectivity index (χ0) is 15.1. The topological polar surface area (TPSA) is 55.4 Å². The molecule has 0 aromatic heterocycles. The predicted molar refractivity (Wildman–Crippen MR) is 79.0 cm³/mol. The summed E-state index contributed by atoms with van der Waals surface area (Å²) in [7, 11) is 0. The van der Waals surface area contributed by atoms with Crippen molar-refractivity contribution in [1.82, 2.24) is 5.32 Å². The van der Waals surface area contributed by atoms with Crippen LogP contribution in [-0.4, -0.2) is 25.0 Å². The van der Waals surface area contributed by atoms with Gasteiger partial charge in [0.1, 0.15) is 6.61 Å². The SMILES string of the molecule is CC(C)C1C/C=C\CC(C(C)C)C(=O)OCCNC1=O. The van der Waals surface area contributed by atoms with Crippen LogP contribution in [-0.2, 0) is 14.3 Å². The largest absolute Gasteiger partial charge is 0.464 e. The van der Waals surface area contributed by atoms with Crippen molar-refractivity contribution in [3.63, 3.8) is 0 Å². The molecule has 1 amide bonds. The third-order valence-corrected chi connectivity index (χ3v) is 3.84. The lowest BCUT2D eigenvalue weighted by Gasteiger charge is -2.21. The second-order valence-electron chi connectivity index (χ2n) is 6.10. The van der Waals surface area contributed by atoms with Crippen LogP contribution in [0.15, 0.2) is 12.2 Å². The highest BCUT2D eigenvalue weighted by Gasteiger charge is 2.24. The maximum Gasteiger partial charge on any atom is 0.309 e. The van der Waals surface area contributed by atoms with Crippen molar-refractivity contribution < 1.29 is 14.3 Å². The van der Waals surface area contributed by atoms with Crippen molar-refractivity contribution >= 4 is 11.9 Å². The van der Waals surface area contributed by atoms with Gasteiger partial charge in [0.2, 0.25) is 5.91 Å². The molecule has 20 heavy (non-hydrogen) atoms. The number of amides is 1. The summed E-state index contributed by atoms with van der Waals surface area (Å²) in [5.41, 5.74) is 0. The molecule has 0 aromatic rings. The molecule has 2 unspecified atom stereocenters. The molecule has 1 aliphatic heterocycles. The molecule has 0 saturated carbocycles. The van der Waals surface area contributed by atoms with E-state index in [1.54, 1.807) is 0 Å². The molecule has 114 valence electrons. The Morgan fingerprint density at radius 2 is 1.60 bits per heavy atom. The van der Waals surface area contributed by atoms with E-state index in [0.29, 0.717) is 18.9 Å². The smallest absolute Gasteiger partial charge is 0.309 e. The van der Waals surface area contributed by atoms with Gasteiger partial charge in [0.15, 0.2) is 0 Å². The Hall–Kier alpha value is -1.32. The first-order valence-electron chi connectivity index (χ1n) is 7.52. The Labute approximate surface area is 122 Å². The third kappa shape index (κ3) is 4.99. The van der Waals surface area contributed by atoms with E-state index in [2.05, 4.69) is 19.2 Å². The van der Waals surface area contributed by atoms with Crippen molar-refractivity contribution in [1.29, 1.82) is 0 Å². The average Bonchev–Trinajstić information content (AvgIpc) is 2.36. The molecule has 4 heteroatoms. The molecule has 1 rings (SSSR count). The lowest BCUT2D eigenvalue weighted by atomic mass is 9.89. The van der Waals surface area contributed by atoms with Crippen LogP contribution >= 0.6 is 0 Å². The van der Waals surface area contributed by atoms with Crippen LogP contribution in [0.2, 0.25) is 0 Å². The molecule has 1 aliphatic rings. The van der Waals surface area contributed by atoms with Gasteiger partial charge in [-0.3, -0.25) is 9.59 Å². The standard InChI is InChI=1S/C16H27NO3/c1-11(2)13-7-5-6-8-14(12(3)4)16(19)20-10-9-17-15(13)18/h5-6,11-14H,7-10H2,1-4H3,(H,17,18)/b6-5-. The quantitative estimate of drug-likeness (QED) is 0.625. The number of hydrogen-bond donors (Lipinski definition) is 1. The van der Waals surface area contributed by atoms with Crippen LogP contribution in [0.25, 0.3) is 0 Å². The second-order valence-corrected chi connectivity index (χ2v) is 6.10. The highest BCUT2D eigenvalue weighted by molar-refractivity contribution is 5.79. The van der Waals surface area contributed by atoms with Gasteiger partial charge in [0.25, 0.3) is 0 Å². The van der Waals surface area contributed by atoms with Gasteiger partial charge < -0.3 is 10.1 Å². The van der Waals surface area contributed by atoms with Crippen LogP contribution < -0.4 is 5.32 Å². The number of rotatable bonds is 2. The summed E-state index contributed by atoms with van der Waals surface area (Å²) in [5.74, 6) is 0.316. The van der Waals surface area contributed by atoms with Gasteiger partial charge in [-0.05, 0) is 24.7 Å². The maximum absolute atomic E-state index is 12.0. The predicted octanol–water partition coefficient (Wildman–Crippen LogP) is 2.54. The summed E-state index contributed by atoms with van der Waals surface area (Å²) >= 11 is 0. The van der Waals surface area contributed by atoms with Gasteiger partial charge in [-0.25, -0.2) is 0 Å². The summed E-state index contributed by atoms with van der Waals surface area (Å²) in [6, 6.07) is 0. The minimum atomic E-state index is -0.167. The number of allylic oxidation sites excluding steroid dienone is 2. The van der Waals surface area contributed by atoms with Gasteiger partial charge in [0, 0.05) is 5.92 Å². The molecular formula is C16H27NO3. The van der Waals surface area contributed by atoms with E-state index in [1.165, 1.54) is 0 Å². The van der Waals surface area contributed by atoms with Crippen molar-refractivity contribution in [2.24, 2.45) is 23.7 Å². The first kappa shape index (κ1) is 16.7. The van der Waals surface area contributed by atoms with E-state index in [9.17, 15) is 9.59 Å². The third-order valence-electron chi connectivity index (χ3n) is 3.84. The number of nitrogens with one attached hydrogen (secondary N) is 1. The van der Waals surface area contributed by atoms with E-state index >= 15 is 0 Å². The summed E-state index contributed by atoms with van der Waals surface area (Å²) in [5, 5.41) is 2.85. The fourth-order valence-electron chi connectivity index (χ4n) is 2.37. The van der Waals surface area contributed by atoms with E-state index in [1.807, 2.05) is 26.0 Å². The Morgan fingerprint density at radius 1 is 1.05 bits per heavy atom. The number of hydrogen-bond acceptors (Lipinski definition) is 3. The Bertz CT molecular complexity index is 327. The van der Waals surface area contributed by atoms with Gasteiger partial charge in [-0.1, -0.05) is 39.8 Å².